The minimum atomic E-state index is -1.16. The molecule has 3 rings (SSSR count). The van der Waals surface area contributed by atoms with Crippen LogP contribution in [0, 0.1) is 0 Å². The van der Waals surface area contributed by atoms with E-state index >= 15 is 0 Å². The van der Waals surface area contributed by atoms with Crippen LogP contribution in [0.4, 0.5) is 11.4 Å². The molecule has 0 fully saturated rings. The summed E-state index contributed by atoms with van der Waals surface area (Å²) < 4.78 is 0. The van der Waals surface area contributed by atoms with Gasteiger partial charge in [0.1, 0.15) is 0 Å². The lowest BCUT2D eigenvalue weighted by Crippen LogP contribution is -2.20. The molecule has 35 heavy (non-hydrogen) atoms. The molecule has 0 aliphatic carbocycles. The van der Waals surface area contributed by atoms with E-state index in [4.69, 9.17) is 16.7 Å². The van der Waals surface area contributed by atoms with E-state index in [-0.39, 0.29) is 39.5 Å². The van der Waals surface area contributed by atoms with E-state index in [9.17, 15) is 19.5 Å². The van der Waals surface area contributed by atoms with Crippen molar-refractivity contribution in [2.45, 2.75) is 26.2 Å². The molecule has 0 aromatic heterocycles. The molecule has 3 aromatic rings. The van der Waals surface area contributed by atoms with Gasteiger partial charge in [-0.3, -0.25) is 14.4 Å². The third-order valence-electron chi connectivity index (χ3n) is 5.50. The molecule has 9 heteroatoms. The van der Waals surface area contributed by atoms with Crippen molar-refractivity contribution in [1.29, 1.82) is 0 Å². The summed E-state index contributed by atoms with van der Waals surface area (Å²) in [6.45, 7) is 4.08. The topological polar surface area (TPSA) is 168 Å². The molecule has 7 N–H and O–H groups in total. The number of carboxylic acid groups (broad SMARTS) is 1. The second kappa shape index (κ2) is 10.5. The molecule has 3 aromatic carbocycles. The van der Waals surface area contributed by atoms with Crippen molar-refractivity contribution in [3.63, 3.8) is 0 Å². The second-order valence-corrected chi connectivity index (χ2v) is 8.26. The molecule has 0 saturated carbocycles. The fourth-order valence-corrected chi connectivity index (χ4v) is 3.59. The molecular weight excluding hydrogens is 448 g/mol. The molecule has 0 bridgehead atoms. The summed E-state index contributed by atoms with van der Waals surface area (Å²) in [5.41, 5.74) is 13.9. The fourth-order valence-electron chi connectivity index (χ4n) is 3.59. The number of hydrogen-bond donors (Lipinski definition) is 5. The Bertz CT molecular complexity index is 1310. The van der Waals surface area contributed by atoms with Gasteiger partial charge in [0, 0.05) is 16.7 Å². The van der Waals surface area contributed by atoms with Gasteiger partial charge in [-0.05, 0) is 41.3 Å². The molecule has 0 aliphatic heterocycles. The fraction of sp³-hybridized carbons (Fsp3) is 0.154. The molecule has 0 atom stereocenters. The number of nitrogens with one attached hydrogen (secondary N) is 1. The molecular formula is C26H26N4O5. The lowest BCUT2D eigenvalue weighted by Gasteiger charge is -2.17. The summed E-state index contributed by atoms with van der Waals surface area (Å²) in [5, 5.41) is 24.0. The van der Waals surface area contributed by atoms with Crippen molar-refractivity contribution in [2.75, 3.05) is 11.1 Å². The van der Waals surface area contributed by atoms with E-state index in [1.807, 2.05) is 26.0 Å². The Morgan fingerprint density at radius 3 is 2.23 bits per heavy atom. The number of rotatable bonds is 8. The summed E-state index contributed by atoms with van der Waals surface area (Å²) in [4.78, 5) is 38.1. The Hall–Kier alpha value is -4.66. The largest absolute Gasteiger partial charge is 0.481 e. The van der Waals surface area contributed by atoms with Gasteiger partial charge in [-0.25, -0.2) is 0 Å². The van der Waals surface area contributed by atoms with E-state index in [1.54, 1.807) is 18.2 Å². The first kappa shape index (κ1) is 25.0. The highest BCUT2D eigenvalue weighted by Crippen LogP contribution is 2.31. The zero-order valence-electron chi connectivity index (χ0n) is 19.3. The highest BCUT2D eigenvalue weighted by atomic mass is 16.4. The summed E-state index contributed by atoms with van der Waals surface area (Å²) in [6.07, 6.45) is -0.465. The lowest BCUT2D eigenvalue weighted by atomic mass is 9.93. The van der Waals surface area contributed by atoms with Crippen LogP contribution in [0.5, 0.6) is 0 Å². The van der Waals surface area contributed by atoms with Crippen LogP contribution in [0.3, 0.4) is 0 Å². The number of amidine groups is 1. The van der Waals surface area contributed by atoms with E-state index < -0.39 is 24.1 Å². The number of benzene rings is 3. The maximum Gasteiger partial charge on any atom is 0.307 e. The quantitative estimate of drug-likeness (QED) is 0.0830. The number of hydrogen-bond acceptors (Lipinski definition) is 6. The number of carbonyl (C=O) groups excluding carboxylic acids is 2. The van der Waals surface area contributed by atoms with E-state index in [0.717, 1.165) is 5.56 Å². The Morgan fingerprint density at radius 1 is 0.971 bits per heavy atom. The normalized spacial score (nSPS) is 11.3. The Kier molecular flexibility index (Phi) is 7.50. The lowest BCUT2D eigenvalue weighted by molar-refractivity contribution is -0.136. The third-order valence-corrected chi connectivity index (χ3v) is 5.50. The van der Waals surface area contributed by atoms with Crippen LogP contribution < -0.4 is 16.8 Å². The number of carbonyl (C=O) groups is 3. The number of aliphatic carboxylic acids is 1. The van der Waals surface area contributed by atoms with Gasteiger partial charge in [0.2, 0.25) is 0 Å². The Balaban J connectivity index is 2.09. The number of ketones is 1. The molecule has 1 amide bonds. The maximum absolute atomic E-state index is 13.6. The number of carboxylic acids is 1. The molecule has 0 aliphatic rings. The predicted octanol–water partition coefficient (Wildman–Crippen LogP) is 3.60. The molecule has 9 nitrogen and oxygen atoms in total. The first-order valence-electron chi connectivity index (χ1n) is 10.8. The van der Waals surface area contributed by atoms with Crippen LogP contribution in [0.15, 0.2) is 65.8 Å². The van der Waals surface area contributed by atoms with Crippen LogP contribution in [0.25, 0.3) is 0 Å². The molecule has 0 radical (unpaired) electrons. The van der Waals surface area contributed by atoms with Crippen molar-refractivity contribution < 1.29 is 24.7 Å². The third kappa shape index (κ3) is 5.64. The van der Waals surface area contributed by atoms with Gasteiger partial charge in [-0.2, -0.15) is 0 Å². The minimum Gasteiger partial charge on any atom is -0.481 e. The van der Waals surface area contributed by atoms with Gasteiger partial charge < -0.3 is 27.1 Å². The number of nitrogens with zero attached hydrogens (tertiary/aromatic N) is 1. The van der Waals surface area contributed by atoms with Crippen LogP contribution >= 0.6 is 0 Å². The standard InChI is InChI=1S/C26H26N4O5/c1-14(2)15-6-8-16(9-7-15)26(34)29-23-20(27)11-10-17(13-21(31)32)22(23)24(33)18-4-3-5-19(12-18)25(28)30-35/h3-12,14,35H,13,27H2,1-2H3,(H2,28,30)(H,29,34)(H,31,32). The maximum atomic E-state index is 13.6. The van der Waals surface area contributed by atoms with E-state index in [0.29, 0.717) is 11.5 Å². The van der Waals surface area contributed by atoms with Gasteiger partial charge in [0.05, 0.1) is 23.4 Å². The molecule has 0 saturated heterocycles. The summed E-state index contributed by atoms with van der Waals surface area (Å²) in [5.74, 6) is -2.14. The number of nitrogens with two attached hydrogens (primary N) is 2. The van der Waals surface area contributed by atoms with Gasteiger partial charge in [0.15, 0.2) is 11.6 Å². The molecule has 0 unspecified atom stereocenters. The number of anilines is 2. The molecule has 0 heterocycles. The average Bonchev–Trinajstić information content (AvgIpc) is 2.85. The van der Waals surface area contributed by atoms with Gasteiger partial charge in [0.25, 0.3) is 5.91 Å². The van der Waals surface area contributed by atoms with Crippen molar-refractivity contribution in [3.8, 4) is 0 Å². The van der Waals surface area contributed by atoms with Crippen molar-refractivity contribution >= 4 is 34.9 Å². The number of nitrogen functional groups attached to an aromatic ring is 1. The van der Waals surface area contributed by atoms with Gasteiger partial charge >= 0.3 is 5.97 Å². The second-order valence-electron chi connectivity index (χ2n) is 8.26. The SMILES string of the molecule is CC(C)c1ccc(C(=O)Nc2c(N)ccc(CC(=O)O)c2C(=O)c2cccc(C(N)=NO)c2)cc1. The smallest absolute Gasteiger partial charge is 0.307 e. The van der Waals surface area contributed by atoms with Crippen LogP contribution in [0.1, 0.15) is 62.7 Å². The predicted molar refractivity (Wildman–Crippen MR) is 133 cm³/mol. The first-order valence-corrected chi connectivity index (χ1v) is 10.8. The number of amides is 1. The highest BCUT2D eigenvalue weighted by molar-refractivity contribution is 6.18. The van der Waals surface area contributed by atoms with Crippen LogP contribution in [0.2, 0.25) is 0 Å². The molecule has 180 valence electrons. The highest BCUT2D eigenvalue weighted by Gasteiger charge is 2.24. The van der Waals surface area contributed by atoms with E-state index in [1.165, 1.54) is 30.3 Å². The van der Waals surface area contributed by atoms with Crippen molar-refractivity contribution in [1.82, 2.24) is 0 Å². The summed E-state index contributed by atoms with van der Waals surface area (Å²) in [6, 6.07) is 15.9. The van der Waals surface area contributed by atoms with Gasteiger partial charge in [-0.15, -0.1) is 0 Å². The summed E-state index contributed by atoms with van der Waals surface area (Å²) in [7, 11) is 0. The molecule has 0 spiro atoms. The van der Waals surface area contributed by atoms with E-state index in [2.05, 4.69) is 10.5 Å². The van der Waals surface area contributed by atoms with Crippen molar-refractivity contribution in [2.24, 2.45) is 10.9 Å². The van der Waals surface area contributed by atoms with Gasteiger partial charge in [-0.1, -0.05) is 55.4 Å². The average molecular weight is 475 g/mol. The monoisotopic (exact) mass is 474 g/mol. The van der Waals surface area contributed by atoms with Crippen molar-refractivity contribution in [3.05, 3.63) is 94.0 Å². The number of oxime groups is 1. The Morgan fingerprint density at radius 2 is 1.63 bits per heavy atom. The zero-order valence-corrected chi connectivity index (χ0v) is 19.3. The summed E-state index contributed by atoms with van der Waals surface area (Å²) >= 11 is 0. The minimum absolute atomic E-state index is 0.0147. The Labute approximate surface area is 202 Å². The zero-order chi connectivity index (χ0) is 25.7. The van der Waals surface area contributed by atoms with Crippen LogP contribution in [-0.4, -0.2) is 33.8 Å². The van der Waals surface area contributed by atoms with Crippen LogP contribution in [-0.2, 0) is 11.2 Å². The first-order chi connectivity index (χ1) is 16.6.